The molecule has 0 saturated heterocycles. The van der Waals surface area contributed by atoms with Crippen molar-refractivity contribution in [2.24, 2.45) is 5.41 Å². The first kappa shape index (κ1) is 13.9. The fraction of sp³-hybridized carbons (Fsp3) is 0.533. The Labute approximate surface area is 113 Å². The van der Waals surface area contributed by atoms with Crippen molar-refractivity contribution < 1.29 is 14.6 Å². The van der Waals surface area contributed by atoms with Crippen molar-refractivity contribution in [2.75, 3.05) is 20.3 Å². The molecule has 1 amide bonds. The summed E-state index contributed by atoms with van der Waals surface area (Å²) in [6, 6.07) is 5.00. The van der Waals surface area contributed by atoms with Gasteiger partial charge in [0, 0.05) is 25.8 Å². The highest BCUT2D eigenvalue weighted by Gasteiger charge is 2.42. The molecule has 2 rings (SSSR count). The van der Waals surface area contributed by atoms with Gasteiger partial charge >= 0.3 is 0 Å². The van der Waals surface area contributed by atoms with Crippen LogP contribution in [0.25, 0.3) is 0 Å². The third-order valence-electron chi connectivity index (χ3n) is 3.89. The Kier molecular flexibility index (Phi) is 4.10. The Morgan fingerprint density at radius 1 is 1.47 bits per heavy atom. The van der Waals surface area contributed by atoms with Gasteiger partial charge < -0.3 is 15.2 Å². The van der Waals surface area contributed by atoms with Crippen LogP contribution in [-0.4, -0.2) is 31.3 Å². The van der Waals surface area contributed by atoms with E-state index in [9.17, 15) is 9.90 Å². The van der Waals surface area contributed by atoms with Crippen LogP contribution in [0.4, 0.5) is 0 Å². The fourth-order valence-corrected chi connectivity index (χ4v) is 2.13. The second-order valence-electron chi connectivity index (χ2n) is 5.43. The lowest BCUT2D eigenvalue weighted by atomic mass is 10.0. The summed E-state index contributed by atoms with van der Waals surface area (Å²) in [4.78, 5) is 12.0. The van der Waals surface area contributed by atoms with Crippen molar-refractivity contribution in [1.82, 2.24) is 5.32 Å². The zero-order valence-corrected chi connectivity index (χ0v) is 11.5. The molecule has 0 unspecified atom stereocenters. The first-order chi connectivity index (χ1) is 9.06. The standard InChI is InChI=1S/C15H21NO3/c1-11-3-4-12(9-13(11)17)14(18)16-10-15(5-6-15)7-8-19-2/h3-4,9,17H,5-8,10H2,1-2H3,(H,16,18). The quantitative estimate of drug-likeness (QED) is 0.827. The molecule has 0 spiro atoms. The van der Waals surface area contributed by atoms with E-state index in [-0.39, 0.29) is 17.1 Å². The minimum Gasteiger partial charge on any atom is -0.508 e. The van der Waals surface area contributed by atoms with Crippen molar-refractivity contribution in [1.29, 1.82) is 0 Å². The molecule has 0 atom stereocenters. The van der Waals surface area contributed by atoms with E-state index in [1.165, 1.54) is 6.07 Å². The van der Waals surface area contributed by atoms with Crippen molar-refractivity contribution >= 4 is 5.91 Å². The lowest BCUT2D eigenvalue weighted by Gasteiger charge is -2.15. The van der Waals surface area contributed by atoms with Gasteiger partial charge in [-0.25, -0.2) is 0 Å². The molecular weight excluding hydrogens is 242 g/mol. The van der Waals surface area contributed by atoms with Gasteiger partial charge in [-0.05, 0) is 49.3 Å². The van der Waals surface area contributed by atoms with Crippen LogP contribution < -0.4 is 5.32 Å². The minimum atomic E-state index is -0.126. The van der Waals surface area contributed by atoms with Gasteiger partial charge in [0.2, 0.25) is 0 Å². The van der Waals surface area contributed by atoms with E-state index >= 15 is 0 Å². The van der Waals surface area contributed by atoms with Crippen molar-refractivity contribution in [3.8, 4) is 5.75 Å². The number of benzene rings is 1. The number of hydrogen-bond donors (Lipinski definition) is 2. The third-order valence-corrected chi connectivity index (χ3v) is 3.89. The van der Waals surface area contributed by atoms with Gasteiger partial charge in [0.05, 0.1) is 0 Å². The highest BCUT2D eigenvalue weighted by atomic mass is 16.5. The SMILES string of the molecule is COCCC1(CNC(=O)c2ccc(C)c(O)c2)CC1. The Hall–Kier alpha value is -1.55. The molecule has 0 aliphatic heterocycles. The summed E-state index contributed by atoms with van der Waals surface area (Å²) in [5, 5.41) is 12.6. The molecule has 0 radical (unpaired) electrons. The number of amides is 1. The molecule has 4 nitrogen and oxygen atoms in total. The van der Waals surface area contributed by atoms with Gasteiger partial charge in [0.15, 0.2) is 0 Å². The summed E-state index contributed by atoms with van der Waals surface area (Å²) < 4.78 is 5.09. The summed E-state index contributed by atoms with van der Waals surface area (Å²) in [6.07, 6.45) is 3.29. The number of nitrogens with one attached hydrogen (secondary N) is 1. The van der Waals surface area contributed by atoms with Crippen molar-refractivity contribution in [2.45, 2.75) is 26.2 Å². The number of aryl methyl sites for hydroxylation is 1. The lowest BCUT2D eigenvalue weighted by molar-refractivity contribution is 0.0937. The molecule has 2 N–H and O–H groups in total. The van der Waals surface area contributed by atoms with Gasteiger partial charge in [-0.15, -0.1) is 0 Å². The van der Waals surface area contributed by atoms with Gasteiger partial charge in [-0.1, -0.05) is 6.07 Å². The first-order valence-electron chi connectivity index (χ1n) is 6.63. The van der Waals surface area contributed by atoms with Crippen LogP contribution in [-0.2, 0) is 4.74 Å². The van der Waals surface area contributed by atoms with Gasteiger partial charge in [-0.3, -0.25) is 4.79 Å². The number of methoxy groups -OCH3 is 1. The molecule has 104 valence electrons. The fourth-order valence-electron chi connectivity index (χ4n) is 2.13. The number of aromatic hydroxyl groups is 1. The zero-order chi connectivity index (χ0) is 13.9. The molecule has 0 heterocycles. The van der Waals surface area contributed by atoms with E-state index in [1.54, 1.807) is 26.2 Å². The molecule has 1 aromatic carbocycles. The van der Waals surface area contributed by atoms with Gasteiger partial charge in [-0.2, -0.15) is 0 Å². The molecular formula is C15H21NO3. The molecule has 1 aliphatic carbocycles. The van der Waals surface area contributed by atoms with Gasteiger partial charge in [0.25, 0.3) is 5.91 Å². The second-order valence-corrected chi connectivity index (χ2v) is 5.43. The van der Waals surface area contributed by atoms with E-state index in [1.807, 2.05) is 0 Å². The minimum absolute atomic E-state index is 0.126. The number of phenols is 1. The normalized spacial score (nSPS) is 16.1. The topological polar surface area (TPSA) is 58.6 Å². The number of carbonyl (C=O) groups excluding carboxylic acids is 1. The molecule has 1 aromatic rings. The summed E-state index contributed by atoms with van der Waals surface area (Å²) in [6.45, 7) is 3.23. The Morgan fingerprint density at radius 3 is 2.79 bits per heavy atom. The molecule has 4 heteroatoms. The highest BCUT2D eigenvalue weighted by Crippen LogP contribution is 2.48. The number of phenolic OH excluding ortho intramolecular Hbond substituents is 1. The maximum Gasteiger partial charge on any atom is 0.251 e. The molecule has 0 aromatic heterocycles. The maximum absolute atomic E-state index is 12.0. The van der Waals surface area contributed by atoms with Crippen LogP contribution in [0.5, 0.6) is 5.75 Å². The largest absolute Gasteiger partial charge is 0.508 e. The van der Waals surface area contributed by atoms with Crippen LogP contribution in [0.2, 0.25) is 0 Å². The predicted octanol–water partition coefficient (Wildman–Crippen LogP) is 2.25. The predicted molar refractivity (Wildman–Crippen MR) is 73.3 cm³/mol. The van der Waals surface area contributed by atoms with E-state index in [0.717, 1.165) is 31.4 Å². The summed E-state index contributed by atoms with van der Waals surface area (Å²) in [5.41, 5.74) is 1.51. The molecule has 0 bridgehead atoms. The first-order valence-corrected chi connectivity index (χ1v) is 6.63. The van der Waals surface area contributed by atoms with Crippen LogP contribution in [0.15, 0.2) is 18.2 Å². The number of carbonyl (C=O) groups is 1. The molecule has 19 heavy (non-hydrogen) atoms. The van der Waals surface area contributed by atoms with Crippen LogP contribution in [0, 0.1) is 12.3 Å². The number of hydrogen-bond acceptors (Lipinski definition) is 3. The molecule has 1 saturated carbocycles. The summed E-state index contributed by atoms with van der Waals surface area (Å²) in [5.74, 6) is 0.0344. The van der Waals surface area contributed by atoms with Gasteiger partial charge in [0.1, 0.15) is 5.75 Å². The summed E-state index contributed by atoms with van der Waals surface area (Å²) in [7, 11) is 1.70. The van der Waals surface area contributed by atoms with Crippen LogP contribution in [0.3, 0.4) is 0 Å². The van der Waals surface area contributed by atoms with Crippen LogP contribution in [0.1, 0.15) is 35.2 Å². The van der Waals surface area contributed by atoms with E-state index in [4.69, 9.17) is 4.74 Å². The van der Waals surface area contributed by atoms with Crippen LogP contribution >= 0.6 is 0 Å². The lowest BCUT2D eigenvalue weighted by Crippen LogP contribution is -2.30. The average Bonchev–Trinajstić information content (AvgIpc) is 3.17. The number of ether oxygens (including phenoxy) is 1. The molecule has 1 aliphatic rings. The Morgan fingerprint density at radius 2 is 2.21 bits per heavy atom. The second kappa shape index (κ2) is 5.61. The van der Waals surface area contributed by atoms with E-state index in [2.05, 4.69) is 5.32 Å². The molecule has 1 fully saturated rings. The Bertz CT molecular complexity index is 466. The Balaban J connectivity index is 1.89. The monoisotopic (exact) mass is 263 g/mol. The van der Waals surface area contributed by atoms with Crippen molar-refractivity contribution in [3.05, 3.63) is 29.3 Å². The summed E-state index contributed by atoms with van der Waals surface area (Å²) >= 11 is 0. The average molecular weight is 263 g/mol. The highest BCUT2D eigenvalue weighted by molar-refractivity contribution is 5.94. The van der Waals surface area contributed by atoms with Crippen molar-refractivity contribution in [3.63, 3.8) is 0 Å². The smallest absolute Gasteiger partial charge is 0.251 e. The zero-order valence-electron chi connectivity index (χ0n) is 11.5. The van der Waals surface area contributed by atoms with E-state index in [0.29, 0.717) is 12.1 Å². The third kappa shape index (κ3) is 3.47. The number of rotatable bonds is 6. The maximum atomic E-state index is 12.0. The van der Waals surface area contributed by atoms with E-state index < -0.39 is 0 Å².